The number of aromatic nitrogens is 1. The second-order valence-electron chi connectivity index (χ2n) is 8.57. The highest BCUT2D eigenvalue weighted by Gasteiger charge is 2.22. The lowest BCUT2D eigenvalue weighted by atomic mass is 10.0. The fourth-order valence-corrected chi connectivity index (χ4v) is 3.97. The van der Waals surface area contributed by atoms with Crippen molar-refractivity contribution in [2.24, 2.45) is 5.92 Å². The van der Waals surface area contributed by atoms with E-state index in [4.69, 9.17) is 0 Å². The molecule has 0 aliphatic carbocycles. The van der Waals surface area contributed by atoms with Crippen molar-refractivity contribution in [2.45, 2.75) is 53.0 Å². The second-order valence-corrected chi connectivity index (χ2v) is 8.57. The van der Waals surface area contributed by atoms with Crippen LogP contribution in [-0.2, 0) is 0 Å². The molecule has 2 heterocycles. The number of aryl methyl sites for hydroxylation is 2. The number of aromatic hydroxyl groups is 1. The summed E-state index contributed by atoms with van der Waals surface area (Å²) in [6.45, 7) is 11.3. The Balaban J connectivity index is 1.79. The molecule has 29 heavy (non-hydrogen) atoms. The zero-order valence-electron chi connectivity index (χ0n) is 18.0. The number of amides is 1. The van der Waals surface area contributed by atoms with Crippen molar-refractivity contribution in [3.05, 3.63) is 47.2 Å². The minimum Gasteiger partial charge on any atom is -0.508 e. The average molecular weight is 396 g/mol. The maximum absolute atomic E-state index is 13.1. The summed E-state index contributed by atoms with van der Waals surface area (Å²) in [5, 5.41) is 12.9. The van der Waals surface area contributed by atoms with Crippen LogP contribution in [0.5, 0.6) is 5.75 Å². The highest BCUT2D eigenvalue weighted by atomic mass is 16.3. The lowest BCUT2D eigenvalue weighted by Gasteiger charge is -2.32. The summed E-state index contributed by atoms with van der Waals surface area (Å²) in [5.41, 5.74) is 4.04. The molecule has 5 nitrogen and oxygen atoms in total. The van der Waals surface area contributed by atoms with Gasteiger partial charge in [0.25, 0.3) is 5.91 Å². The first kappa shape index (κ1) is 21.3. The number of phenols is 1. The zero-order chi connectivity index (χ0) is 21.0. The van der Waals surface area contributed by atoms with Crippen molar-refractivity contribution in [2.75, 3.05) is 19.6 Å². The summed E-state index contributed by atoms with van der Waals surface area (Å²) < 4.78 is 0. The number of hydrogen-bond acceptors (Lipinski definition) is 4. The molecule has 3 rings (SSSR count). The van der Waals surface area contributed by atoms with Crippen molar-refractivity contribution < 1.29 is 9.90 Å². The minimum atomic E-state index is -0.0520. The number of rotatable bonds is 6. The minimum absolute atomic E-state index is 0.0520. The Hall–Kier alpha value is -2.40. The Morgan fingerprint density at radius 2 is 1.86 bits per heavy atom. The van der Waals surface area contributed by atoms with Crippen LogP contribution in [0.1, 0.15) is 54.7 Å². The van der Waals surface area contributed by atoms with Crippen LogP contribution in [-0.4, -0.2) is 46.6 Å². The van der Waals surface area contributed by atoms with Gasteiger partial charge in [-0.25, -0.2) is 0 Å². The molecule has 1 fully saturated rings. The number of pyridine rings is 1. The number of hydrogen-bond donors (Lipinski definition) is 2. The summed E-state index contributed by atoms with van der Waals surface area (Å²) >= 11 is 0. The van der Waals surface area contributed by atoms with Gasteiger partial charge in [0.1, 0.15) is 5.75 Å². The van der Waals surface area contributed by atoms with Gasteiger partial charge in [-0.15, -0.1) is 0 Å². The van der Waals surface area contributed by atoms with E-state index in [1.807, 2.05) is 32.0 Å². The molecule has 0 unspecified atom stereocenters. The van der Waals surface area contributed by atoms with Crippen LogP contribution >= 0.6 is 0 Å². The monoisotopic (exact) mass is 395 g/mol. The number of nitrogens with zero attached hydrogens (tertiary/aromatic N) is 2. The largest absolute Gasteiger partial charge is 0.508 e. The maximum atomic E-state index is 13.1. The summed E-state index contributed by atoms with van der Waals surface area (Å²) in [7, 11) is 0. The van der Waals surface area contributed by atoms with E-state index in [1.165, 1.54) is 19.3 Å². The van der Waals surface area contributed by atoms with Crippen LogP contribution < -0.4 is 5.32 Å². The number of nitrogens with one attached hydrogen (secondary N) is 1. The van der Waals surface area contributed by atoms with Crippen molar-refractivity contribution in [3.8, 4) is 17.0 Å². The van der Waals surface area contributed by atoms with Gasteiger partial charge in [-0.3, -0.25) is 9.78 Å². The molecular formula is C24H33N3O2. The predicted molar refractivity (Wildman–Crippen MR) is 117 cm³/mol. The van der Waals surface area contributed by atoms with Gasteiger partial charge in [-0.1, -0.05) is 20.3 Å². The van der Waals surface area contributed by atoms with Gasteiger partial charge in [0.15, 0.2) is 0 Å². The number of carbonyl (C=O) groups is 1. The van der Waals surface area contributed by atoms with Crippen LogP contribution in [0.2, 0.25) is 0 Å². The molecule has 0 spiro atoms. The molecule has 0 radical (unpaired) electrons. The predicted octanol–water partition coefficient (Wildman–Crippen LogP) is 4.31. The third-order valence-electron chi connectivity index (χ3n) is 5.73. The van der Waals surface area contributed by atoms with E-state index >= 15 is 0 Å². The first-order valence-corrected chi connectivity index (χ1v) is 10.7. The summed E-state index contributed by atoms with van der Waals surface area (Å²) in [5.74, 6) is 0.542. The molecule has 1 atom stereocenters. The molecule has 0 saturated carbocycles. The maximum Gasteiger partial charge on any atom is 0.251 e. The smallest absolute Gasteiger partial charge is 0.251 e. The SMILES string of the molecule is Cc1cc(C(=O)N[C@@H](CN2CCCCC2)C(C)C)cc(-c2ccc(O)cc2C)n1. The topological polar surface area (TPSA) is 65.5 Å². The first-order valence-electron chi connectivity index (χ1n) is 10.7. The number of likely N-dealkylation sites (tertiary alicyclic amines) is 1. The molecule has 1 aromatic carbocycles. The molecule has 1 aliphatic rings. The van der Waals surface area contributed by atoms with E-state index < -0.39 is 0 Å². The molecule has 1 saturated heterocycles. The lowest BCUT2D eigenvalue weighted by molar-refractivity contribution is 0.0902. The number of piperidine rings is 1. The van der Waals surface area contributed by atoms with E-state index in [0.29, 0.717) is 11.5 Å². The third-order valence-corrected chi connectivity index (χ3v) is 5.73. The first-order chi connectivity index (χ1) is 13.8. The molecule has 1 aromatic heterocycles. The van der Waals surface area contributed by atoms with Crippen LogP contribution in [0.15, 0.2) is 30.3 Å². The summed E-state index contributed by atoms with van der Waals surface area (Å²) in [6.07, 6.45) is 3.81. The van der Waals surface area contributed by atoms with Crippen LogP contribution in [0.3, 0.4) is 0 Å². The molecule has 2 N–H and O–H groups in total. The Kier molecular flexibility index (Phi) is 6.91. The van der Waals surface area contributed by atoms with Gasteiger partial charge < -0.3 is 15.3 Å². The number of phenolic OH excluding ortho intramolecular Hbond substituents is 1. The van der Waals surface area contributed by atoms with E-state index in [-0.39, 0.29) is 17.7 Å². The van der Waals surface area contributed by atoms with E-state index in [2.05, 4.69) is 29.0 Å². The number of benzene rings is 1. The van der Waals surface area contributed by atoms with Crippen molar-refractivity contribution in [3.63, 3.8) is 0 Å². The Morgan fingerprint density at radius 1 is 1.14 bits per heavy atom. The number of carbonyl (C=O) groups excluding carboxylic acids is 1. The van der Waals surface area contributed by atoms with E-state index in [1.54, 1.807) is 12.1 Å². The van der Waals surface area contributed by atoms with Gasteiger partial charge in [0.2, 0.25) is 0 Å². The van der Waals surface area contributed by atoms with Crippen LogP contribution in [0.4, 0.5) is 0 Å². The Bertz CT molecular complexity index is 857. The van der Waals surface area contributed by atoms with Gasteiger partial charge in [0.05, 0.1) is 5.69 Å². The summed E-state index contributed by atoms with van der Waals surface area (Å²) in [6, 6.07) is 9.02. The van der Waals surface area contributed by atoms with E-state index in [9.17, 15) is 9.90 Å². The molecule has 156 valence electrons. The normalized spacial score (nSPS) is 16.0. The van der Waals surface area contributed by atoms with Crippen LogP contribution in [0.25, 0.3) is 11.3 Å². The molecule has 5 heteroatoms. The fourth-order valence-electron chi connectivity index (χ4n) is 3.97. The van der Waals surface area contributed by atoms with Gasteiger partial charge in [-0.05, 0) is 81.6 Å². The highest BCUT2D eigenvalue weighted by Crippen LogP contribution is 2.26. The summed E-state index contributed by atoms with van der Waals surface area (Å²) in [4.78, 5) is 20.2. The van der Waals surface area contributed by atoms with Gasteiger partial charge in [0, 0.05) is 29.4 Å². The fraction of sp³-hybridized carbons (Fsp3) is 0.500. The van der Waals surface area contributed by atoms with Crippen molar-refractivity contribution in [1.29, 1.82) is 0 Å². The highest BCUT2D eigenvalue weighted by molar-refractivity contribution is 5.95. The van der Waals surface area contributed by atoms with Crippen molar-refractivity contribution in [1.82, 2.24) is 15.2 Å². The quantitative estimate of drug-likeness (QED) is 0.765. The second kappa shape index (κ2) is 9.40. The van der Waals surface area contributed by atoms with Crippen molar-refractivity contribution >= 4 is 5.91 Å². The Labute approximate surface area is 174 Å². The molecule has 0 bridgehead atoms. The molecule has 1 amide bonds. The van der Waals surface area contributed by atoms with Crippen LogP contribution in [0, 0.1) is 19.8 Å². The lowest BCUT2D eigenvalue weighted by Crippen LogP contribution is -2.48. The van der Waals surface area contributed by atoms with Gasteiger partial charge in [-0.2, -0.15) is 0 Å². The molecule has 2 aromatic rings. The third kappa shape index (κ3) is 5.57. The molecular weight excluding hydrogens is 362 g/mol. The van der Waals surface area contributed by atoms with Gasteiger partial charge >= 0.3 is 0 Å². The van der Waals surface area contributed by atoms with E-state index in [0.717, 1.165) is 42.1 Å². The molecule has 1 aliphatic heterocycles. The Morgan fingerprint density at radius 3 is 2.52 bits per heavy atom. The standard InChI is InChI=1S/C24H33N3O2/c1-16(2)23(15-27-10-6-5-7-11-27)26-24(29)19-13-18(4)25-22(14-19)21-9-8-20(28)12-17(21)3/h8-9,12-14,16,23,28H,5-7,10-11,15H2,1-4H3,(H,26,29)/t23-/m0/s1. The zero-order valence-corrected chi connectivity index (χ0v) is 18.0. The average Bonchev–Trinajstić information content (AvgIpc) is 2.67.